The molecule has 1 heterocycles. The topological polar surface area (TPSA) is 67.2 Å². The molecule has 2 N–H and O–H groups in total. The minimum atomic E-state index is -0.654. The Hall–Kier alpha value is -1.40. The van der Waals surface area contributed by atoms with Crippen molar-refractivity contribution in [1.82, 2.24) is 5.32 Å². The third-order valence-electron chi connectivity index (χ3n) is 3.50. The number of piperidine rings is 1. The summed E-state index contributed by atoms with van der Waals surface area (Å²) in [5, 5.41) is 16.9. The predicted octanol–water partition coefficient (Wildman–Crippen LogP) is 3.19. The van der Waals surface area contributed by atoms with Gasteiger partial charge >= 0.3 is 0 Å². The van der Waals surface area contributed by atoms with E-state index in [0.29, 0.717) is 12.5 Å². The van der Waals surface area contributed by atoms with Crippen molar-refractivity contribution in [2.75, 3.05) is 25.0 Å². The van der Waals surface area contributed by atoms with Crippen LogP contribution < -0.4 is 10.6 Å². The first-order valence-corrected chi connectivity index (χ1v) is 7.03. The quantitative estimate of drug-likeness (QED) is 0.647. The van der Waals surface area contributed by atoms with E-state index in [1.807, 2.05) is 0 Å². The molecular weight excluding hydrogens is 285 g/mol. The van der Waals surface area contributed by atoms with Gasteiger partial charge in [0.15, 0.2) is 0 Å². The van der Waals surface area contributed by atoms with E-state index in [9.17, 15) is 14.5 Å². The molecule has 1 aliphatic rings. The van der Waals surface area contributed by atoms with Gasteiger partial charge in [-0.15, -0.1) is 0 Å². The first-order chi connectivity index (χ1) is 9.58. The average molecular weight is 302 g/mol. The molecule has 0 bridgehead atoms. The van der Waals surface area contributed by atoms with Gasteiger partial charge in [0.05, 0.1) is 9.95 Å². The second kappa shape index (κ2) is 6.85. The van der Waals surface area contributed by atoms with Crippen LogP contribution >= 0.6 is 11.6 Å². The smallest absolute Gasteiger partial charge is 0.294 e. The van der Waals surface area contributed by atoms with Crippen LogP contribution in [0.25, 0.3) is 0 Å². The molecule has 0 radical (unpaired) electrons. The maximum absolute atomic E-state index is 13.4. The van der Waals surface area contributed by atoms with Crippen LogP contribution in [0.2, 0.25) is 5.02 Å². The van der Waals surface area contributed by atoms with Crippen LogP contribution in [-0.2, 0) is 0 Å². The fourth-order valence-corrected chi connectivity index (χ4v) is 2.57. The molecule has 0 saturated carbocycles. The zero-order chi connectivity index (χ0) is 14.5. The first-order valence-electron chi connectivity index (χ1n) is 6.66. The van der Waals surface area contributed by atoms with Crippen molar-refractivity contribution < 1.29 is 9.31 Å². The van der Waals surface area contributed by atoms with Crippen LogP contribution in [0.1, 0.15) is 19.3 Å². The molecule has 1 aliphatic heterocycles. The second-order valence-electron chi connectivity index (χ2n) is 4.97. The van der Waals surface area contributed by atoms with Crippen molar-refractivity contribution in [3.8, 4) is 0 Å². The maximum Gasteiger partial charge on any atom is 0.294 e. The van der Waals surface area contributed by atoms with Crippen molar-refractivity contribution in [3.63, 3.8) is 0 Å². The summed E-state index contributed by atoms with van der Waals surface area (Å²) in [5.74, 6) is -0.0912. The fourth-order valence-electron chi connectivity index (χ4n) is 2.41. The van der Waals surface area contributed by atoms with E-state index in [4.69, 9.17) is 11.6 Å². The van der Waals surface area contributed by atoms with E-state index in [1.165, 1.54) is 0 Å². The van der Waals surface area contributed by atoms with E-state index < -0.39 is 10.7 Å². The highest BCUT2D eigenvalue weighted by Gasteiger charge is 2.18. The third kappa shape index (κ3) is 3.80. The Morgan fingerprint density at radius 3 is 3.00 bits per heavy atom. The van der Waals surface area contributed by atoms with Gasteiger partial charge in [0.2, 0.25) is 0 Å². The van der Waals surface area contributed by atoms with Crippen LogP contribution in [0.3, 0.4) is 0 Å². The molecule has 1 aromatic carbocycles. The van der Waals surface area contributed by atoms with E-state index in [0.717, 1.165) is 44.5 Å². The third-order valence-corrected chi connectivity index (χ3v) is 3.79. The van der Waals surface area contributed by atoms with Crippen molar-refractivity contribution in [1.29, 1.82) is 0 Å². The van der Waals surface area contributed by atoms with Gasteiger partial charge in [-0.25, -0.2) is 4.39 Å². The van der Waals surface area contributed by atoms with E-state index in [-0.39, 0.29) is 16.4 Å². The Balaban J connectivity index is 1.97. The standard InChI is InChI=1S/C13H17ClFN3O2/c14-10-6-13(18(19)20)12(7-11(10)15)17-5-3-9-2-1-4-16-8-9/h6-7,9,16-17H,1-5,8H2. The minimum Gasteiger partial charge on any atom is -0.379 e. The molecule has 0 aromatic heterocycles. The molecule has 20 heavy (non-hydrogen) atoms. The zero-order valence-corrected chi connectivity index (χ0v) is 11.8. The van der Waals surface area contributed by atoms with Crippen LogP contribution in [0.4, 0.5) is 15.8 Å². The highest BCUT2D eigenvalue weighted by atomic mass is 35.5. The molecule has 2 rings (SSSR count). The number of benzene rings is 1. The number of hydrogen-bond acceptors (Lipinski definition) is 4. The normalized spacial score (nSPS) is 18.8. The lowest BCUT2D eigenvalue weighted by molar-refractivity contribution is -0.384. The Labute approximate surface area is 121 Å². The number of halogens is 2. The number of nitro benzene ring substituents is 1. The lowest BCUT2D eigenvalue weighted by atomic mass is 9.96. The highest BCUT2D eigenvalue weighted by Crippen LogP contribution is 2.30. The average Bonchev–Trinajstić information content (AvgIpc) is 2.43. The molecule has 1 atom stereocenters. The molecule has 1 unspecified atom stereocenters. The molecule has 1 aromatic rings. The molecule has 0 spiro atoms. The molecule has 0 aliphatic carbocycles. The first kappa shape index (κ1) is 15.0. The Bertz CT molecular complexity index is 493. The van der Waals surface area contributed by atoms with Gasteiger partial charge in [0.1, 0.15) is 11.5 Å². The van der Waals surface area contributed by atoms with E-state index in [1.54, 1.807) is 0 Å². The second-order valence-corrected chi connectivity index (χ2v) is 5.38. The monoisotopic (exact) mass is 301 g/mol. The summed E-state index contributed by atoms with van der Waals surface area (Å²) in [6, 6.07) is 2.13. The molecular formula is C13H17ClFN3O2. The molecule has 0 amide bonds. The SMILES string of the molecule is O=[N+]([O-])c1cc(Cl)c(F)cc1NCCC1CCCNC1. The van der Waals surface area contributed by atoms with Crippen LogP contribution in [-0.4, -0.2) is 24.6 Å². The summed E-state index contributed by atoms with van der Waals surface area (Å²) in [5.41, 5.74) is -0.0150. The summed E-state index contributed by atoms with van der Waals surface area (Å²) in [4.78, 5) is 10.4. The lowest BCUT2D eigenvalue weighted by Gasteiger charge is -2.22. The summed E-state index contributed by atoms with van der Waals surface area (Å²) in [6.07, 6.45) is 3.21. The van der Waals surface area contributed by atoms with Gasteiger partial charge in [0, 0.05) is 18.7 Å². The van der Waals surface area contributed by atoms with Crippen molar-refractivity contribution in [2.45, 2.75) is 19.3 Å². The maximum atomic E-state index is 13.4. The number of nitrogens with zero attached hydrogens (tertiary/aromatic N) is 1. The van der Waals surface area contributed by atoms with E-state index >= 15 is 0 Å². The van der Waals surface area contributed by atoms with Gasteiger partial charge in [-0.1, -0.05) is 11.6 Å². The number of anilines is 1. The van der Waals surface area contributed by atoms with Crippen LogP contribution in [0.5, 0.6) is 0 Å². The summed E-state index contributed by atoms with van der Waals surface area (Å²) in [7, 11) is 0. The summed E-state index contributed by atoms with van der Waals surface area (Å²) in [6.45, 7) is 2.60. The summed E-state index contributed by atoms with van der Waals surface area (Å²) < 4.78 is 13.4. The van der Waals surface area contributed by atoms with Crippen molar-refractivity contribution in [3.05, 3.63) is 33.1 Å². The Morgan fingerprint density at radius 1 is 1.55 bits per heavy atom. The Kier molecular flexibility index (Phi) is 5.14. The molecule has 110 valence electrons. The minimum absolute atomic E-state index is 0.181. The number of rotatable bonds is 5. The molecule has 1 saturated heterocycles. The molecule has 7 heteroatoms. The van der Waals surface area contributed by atoms with Gasteiger partial charge in [-0.3, -0.25) is 10.1 Å². The van der Waals surface area contributed by atoms with Crippen molar-refractivity contribution >= 4 is 23.0 Å². The molecule has 5 nitrogen and oxygen atoms in total. The highest BCUT2D eigenvalue weighted by molar-refractivity contribution is 6.31. The molecule has 1 fully saturated rings. The Morgan fingerprint density at radius 2 is 2.35 bits per heavy atom. The van der Waals surface area contributed by atoms with Gasteiger partial charge < -0.3 is 10.6 Å². The number of nitrogens with one attached hydrogen (secondary N) is 2. The van der Waals surface area contributed by atoms with Crippen LogP contribution in [0, 0.1) is 21.8 Å². The van der Waals surface area contributed by atoms with Gasteiger partial charge in [-0.2, -0.15) is 0 Å². The van der Waals surface area contributed by atoms with Crippen LogP contribution in [0.15, 0.2) is 12.1 Å². The largest absolute Gasteiger partial charge is 0.379 e. The van der Waals surface area contributed by atoms with Gasteiger partial charge in [0.25, 0.3) is 5.69 Å². The van der Waals surface area contributed by atoms with Gasteiger partial charge in [-0.05, 0) is 38.3 Å². The predicted molar refractivity (Wildman–Crippen MR) is 76.8 cm³/mol. The number of nitro groups is 1. The number of hydrogen-bond donors (Lipinski definition) is 2. The van der Waals surface area contributed by atoms with E-state index in [2.05, 4.69) is 10.6 Å². The lowest BCUT2D eigenvalue weighted by Crippen LogP contribution is -2.30. The van der Waals surface area contributed by atoms with Crippen molar-refractivity contribution in [2.24, 2.45) is 5.92 Å². The zero-order valence-electron chi connectivity index (χ0n) is 11.0. The fraction of sp³-hybridized carbons (Fsp3) is 0.538. The summed E-state index contributed by atoms with van der Waals surface area (Å²) >= 11 is 5.57.